The first-order chi connectivity index (χ1) is 10.3. The number of hydrogen-bond acceptors (Lipinski definition) is 3. The van der Waals surface area contributed by atoms with Crippen molar-refractivity contribution >= 4 is 46.4 Å². The van der Waals surface area contributed by atoms with E-state index < -0.39 is 0 Å². The van der Waals surface area contributed by atoms with Gasteiger partial charge in [-0.1, -0.05) is 36.4 Å². The van der Waals surface area contributed by atoms with Gasteiger partial charge in [0.15, 0.2) is 0 Å². The van der Waals surface area contributed by atoms with Crippen LogP contribution in [0.25, 0.3) is 10.8 Å². The quantitative estimate of drug-likeness (QED) is 0.554. The Balaban J connectivity index is 1.75. The summed E-state index contributed by atoms with van der Waals surface area (Å²) in [5, 5.41) is 9.73. The van der Waals surface area contributed by atoms with Gasteiger partial charge in [-0.05, 0) is 41.4 Å². The van der Waals surface area contributed by atoms with Crippen LogP contribution in [0.3, 0.4) is 0 Å². The zero-order valence-corrected chi connectivity index (χ0v) is 12.6. The zero-order chi connectivity index (χ0) is 14.2. The molecular weight excluding hydrogens is 275 g/mol. The molecule has 2 N–H and O–H groups in total. The molecule has 1 aliphatic heterocycles. The maximum Gasteiger partial charge on any atom is 0.406 e. The van der Waals surface area contributed by atoms with Crippen molar-refractivity contribution in [3.8, 4) is 0 Å². The van der Waals surface area contributed by atoms with Crippen LogP contribution in [0.5, 0.6) is 0 Å². The van der Waals surface area contributed by atoms with Crippen LogP contribution >= 0.6 is 11.8 Å². The highest BCUT2D eigenvalue weighted by atomic mass is 32.2. The predicted molar refractivity (Wildman–Crippen MR) is 94.8 cm³/mol. The van der Waals surface area contributed by atoms with E-state index in [1.165, 1.54) is 32.5 Å². The highest BCUT2D eigenvalue weighted by molar-refractivity contribution is 7.98. The first-order valence-electron chi connectivity index (χ1n) is 7.04. The van der Waals surface area contributed by atoms with Crippen LogP contribution in [0, 0.1) is 0 Å². The van der Waals surface area contributed by atoms with Crippen LogP contribution in [-0.2, 0) is 0 Å². The maximum atomic E-state index is 3.60. The number of benzene rings is 3. The van der Waals surface area contributed by atoms with E-state index in [4.69, 9.17) is 0 Å². The fraction of sp³-hybridized carbons (Fsp3) is 0.0588. The molecule has 0 aromatic heterocycles. The minimum Gasteiger partial charge on any atom is -0.405 e. The van der Waals surface area contributed by atoms with Gasteiger partial charge in [0.2, 0.25) is 0 Å². The number of thioether (sulfide) groups is 1. The summed E-state index contributed by atoms with van der Waals surface area (Å²) >= 11 is 1.77. The Morgan fingerprint density at radius 3 is 2.00 bits per heavy atom. The summed E-state index contributed by atoms with van der Waals surface area (Å²) in [4.78, 5) is 1.29. The van der Waals surface area contributed by atoms with E-state index >= 15 is 0 Å². The van der Waals surface area contributed by atoms with Gasteiger partial charge in [-0.15, -0.1) is 11.8 Å². The number of anilines is 2. The zero-order valence-electron chi connectivity index (χ0n) is 11.8. The smallest absolute Gasteiger partial charge is 0.405 e. The van der Waals surface area contributed by atoms with Gasteiger partial charge in [0.1, 0.15) is 0 Å². The second-order valence-electron chi connectivity index (χ2n) is 5.20. The summed E-state index contributed by atoms with van der Waals surface area (Å²) < 4.78 is 0. The average molecular weight is 290 g/mol. The molecule has 0 saturated heterocycles. The van der Waals surface area contributed by atoms with Crippen molar-refractivity contribution in [2.24, 2.45) is 0 Å². The Labute approximate surface area is 129 Å². The van der Waals surface area contributed by atoms with Gasteiger partial charge in [0, 0.05) is 21.7 Å². The van der Waals surface area contributed by atoms with Crippen molar-refractivity contribution in [1.29, 1.82) is 0 Å². The molecule has 102 valence electrons. The minimum absolute atomic E-state index is 0.112. The number of nitrogens with one attached hydrogen (secondary N) is 2. The van der Waals surface area contributed by atoms with Crippen molar-refractivity contribution < 1.29 is 0 Å². The largest absolute Gasteiger partial charge is 0.406 e. The standard InChI is InChI=1S/C17H15BN2S/c1-21-14-10-8-13(9-11-14)18-19-15-6-2-4-12-5-3-7-16(20-18)17(12)15/h2-11,19-20H,1H3. The van der Waals surface area contributed by atoms with Crippen LogP contribution in [0.1, 0.15) is 0 Å². The van der Waals surface area contributed by atoms with Gasteiger partial charge < -0.3 is 10.5 Å². The predicted octanol–water partition coefficient (Wildman–Crippen LogP) is 3.79. The summed E-state index contributed by atoms with van der Waals surface area (Å²) in [6.45, 7) is 0.112. The molecule has 0 amide bonds. The molecule has 0 fully saturated rings. The monoisotopic (exact) mass is 290 g/mol. The Kier molecular flexibility index (Phi) is 3.04. The molecular formula is C17H15BN2S. The lowest BCUT2D eigenvalue weighted by molar-refractivity contribution is 1.48. The third-order valence-corrected chi connectivity index (χ3v) is 4.70. The molecule has 21 heavy (non-hydrogen) atoms. The molecule has 1 heterocycles. The fourth-order valence-electron chi connectivity index (χ4n) is 2.89. The third kappa shape index (κ3) is 2.16. The number of hydrogen-bond donors (Lipinski definition) is 2. The van der Waals surface area contributed by atoms with E-state index in [0.717, 1.165) is 0 Å². The second-order valence-corrected chi connectivity index (χ2v) is 6.08. The Morgan fingerprint density at radius 1 is 0.810 bits per heavy atom. The molecule has 3 aromatic rings. The van der Waals surface area contributed by atoms with Crippen LogP contribution in [0.2, 0.25) is 0 Å². The van der Waals surface area contributed by atoms with E-state index in [1.54, 1.807) is 11.8 Å². The molecule has 0 unspecified atom stereocenters. The van der Waals surface area contributed by atoms with Crippen LogP contribution in [0.15, 0.2) is 65.6 Å². The molecule has 1 aliphatic rings. The summed E-state index contributed by atoms with van der Waals surface area (Å²) in [5.74, 6) is 0. The van der Waals surface area contributed by atoms with E-state index in [0.29, 0.717) is 0 Å². The second kappa shape index (κ2) is 5.04. The highest BCUT2D eigenvalue weighted by Gasteiger charge is 2.24. The lowest BCUT2D eigenvalue weighted by Gasteiger charge is -2.26. The summed E-state index contributed by atoms with van der Waals surface area (Å²) in [6, 6.07) is 21.5. The molecule has 0 aliphatic carbocycles. The van der Waals surface area contributed by atoms with Crippen molar-refractivity contribution in [2.45, 2.75) is 4.90 Å². The first kappa shape index (κ1) is 12.7. The summed E-state index contributed by atoms with van der Waals surface area (Å²) in [7, 11) is 0. The van der Waals surface area contributed by atoms with Crippen LogP contribution in [0.4, 0.5) is 11.4 Å². The van der Waals surface area contributed by atoms with E-state index in [-0.39, 0.29) is 6.98 Å². The minimum atomic E-state index is 0.112. The lowest BCUT2D eigenvalue weighted by Crippen LogP contribution is -2.47. The SMILES string of the molecule is CSc1ccc(B2Nc3cccc4cccc(c34)N2)cc1. The normalized spacial score (nSPS) is 12.9. The van der Waals surface area contributed by atoms with Crippen molar-refractivity contribution in [3.05, 3.63) is 60.7 Å². The number of rotatable bonds is 2. The third-order valence-electron chi connectivity index (χ3n) is 3.95. The molecule has 0 saturated carbocycles. The summed E-state index contributed by atoms with van der Waals surface area (Å²) in [6.07, 6.45) is 2.10. The average Bonchev–Trinajstić information content (AvgIpc) is 2.55. The van der Waals surface area contributed by atoms with Gasteiger partial charge in [-0.25, -0.2) is 0 Å². The lowest BCUT2D eigenvalue weighted by atomic mass is 9.66. The molecule has 0 atom stereocenters. The van der Waals surface area contributed by atoms with Crippen molar-refractivity contribution in [1.82, 2.24) is 0 Å². The highest BCUT2D eigenvalue weighted by Crippen LogP contribution is 2.33. The molecule has 4 rings (SSSR count). The fourth-order valence-corrected chi connectivity index (χ4v) is 3.30. The van der Waals surface area contributed by atoms with Crippen molar-refractivity contribution in [3.63, 3.8) is 0 Å². The van der Waals surface area contributed by atoms with Crippen LogP contribution in [-0.4, -0.2) is 13.2 Å². The van der Waals surface area contributed by atoms with Gasteiger partial charge >= 0.3 is 6.98 Å². The molecule has 4 heteroatoms. The van der Waals surface area contributed by atoms with E-state index in [1.807, 2.05) is 0 Å². The summed E-state index contributed by atoms with van der Waals surface area (Å²) in [5.41, 5.74) is 3.64. The first-order valence-corrected chi connectivity index (χ1v) is 8.26. The molecule has 3 aromatic carbocycles. The van der Waals surface area contributed by atoms with Gasteiger partial charge in [0.05, 0.1) is 0 Å². The molecule has 2 nitrogen and oxygen atoms in total. The maximum absolute atomic E-state index is 3.60. The Morgan fingerprint density at radius 2 is 1.43 bits per heavy atom. The van der Waals surface area contributed by atoms with E-state index in [9.17, 15) is 0 Å². The van der Waals surface area contributed by atoms with Gasteiger partial charge in [-0.2, -0.15) is 0 Å². The molecule has 0 radical (unpaired) electrons. The molecule has 0 bridgehead atoms. The Bertz CT molecular complexity index is 761. The van der Waals surface area contributed by atoms with Crippen molar-refractivity contribution in [2.75, 3.05) is 16.7 Å². The van der Waals surface area contributed by atoms with Gasteiger partial charge in [0.25, 0.3) is 0 Å². The van der Waals surface area contributed by atoms with Crippen LogP contribution < -0.4 is 15.9 Å². The van der Waals surface area contributed by atoms with Gasteiger partial charge in [-0.3, -0.25) is 0 Å². The topological polar surface area (TPSA) is 24.1 Å². The van der Waals surface area contributed by atoms with E-state index in [2.05, 4.69) is 77.4 Å². The molecule has 0 spiro atoms. The Hall–Kier alpha value is -2.07.